The molecule has 1 heterocycles. The molecule has 0 unspecified atom stereocenters. The van der Waals surface area contributed by atoms with Gasteiger partial charge < -0.3 is 14.7 Å². The second-order valence-electron chi connectivity index (χ2n) is 13.1. The van der Waals surface area contributed by atoms with E-state index in [0.717, 1.165) is 51.2 Å². The number of nitrogens with zero attached hydrogens (tertiary/aromatic N) is 3. The molecule has 0 atom stereocenters. The number of rotatable bonds is 5. The van der Waals surface area contributed by atoms with Gasteiger partial charge in [-0.25, -0.2) is 0 Å². The molecule has 7 aromatic carbocycles. The zero-order valence-corrected chi connectivity index (χ0v) is 27.1. The summed E-state index contributed by atoms with van der Waals surface area (Å²) in [5.74, 6) is 0. The molecule has 0 radical (unpaired) electrons. The lowest BCUT2D eigenvalue weighted by Gasteiger charge is -2.40. The van der Waals surface area contributed by atoms with Crippen molar-refractivity contribution in [2.24, 2.45) is 0 Å². The summed E-state index contributed by atoms with van der Waals surface area (Å²) in [7, 11) is 0. The van der Waals surface area contributed by atoms with Crippen LogP contribution in [0.3, 0.4) is 0 Å². The molecule has 7 aromatic rings. The first-order valence-corrected chi connectivity index (χ1v) is 16.6. The van der Waals surface area contributed by atoms with Gasteiger partial charge in [0.1, 0.15) is 0 Å². The minimum atomic E-state index is -0.0853. The van der Waals surface area contributed by atoms with E-state index in [9.17, 15) is 0 Å². The maximum Gasteiger partial charge on any atom is 0.0703 e. The standard InChI is InChI=1S/C45H35N3/c1-45(2)39-23-10-9-22-37(39)38-29-28-36(31-40(38)45)46(32-16-5-3-6-17-32)34-20-15-21-35(30-34)48-43-26-13-11-24-41(43)47(33-18-7-4-8-19-33)42-25-12-14-27-44(42)48/h3-31H,1-2H3. The Bertz CT molecular complexity index is 2240. The van der Waals surface area contributed by atoms with Crippen LogP contribution in [-0.4, -0.2) is 0 Å². The lowest BCUT2D eigenvalue weighted by Crippen LogP contribution is -2.24. The number of hydrogen-bond acceptors (Lipinski definition) is 3. The maximum absolute atomic E-state index is 2.40. The van der Waals surface area contributed by atoms with Gasteiger partial charge in [0, 0.05) is 33.9 Å². The Morgan fingerprint density at radius 3 is 1.52 bits per heavy atom. The Morgan fingerprint density at radius 2 is 0.854 bits per heavy atom. The summed E-state index contributed by atoms with van der Waals surface area (Å²) in [5, 5.41) is 0. The number of benzene rings is 7. The van der Waals surface area contributed by atoms with Crippen LogP contribution in [0, 0.1) is 0 Å². The number of anilines is 9. The first kappa shape index (κ1) is 28.2. The molecule has 3 nitrogen and oxygen atoms in total. The highest BCUT2D eigenvalue weighted by molar-refractivity contribution is 6.01. The van der Waals surface area contributed by atoms with E-state index in [0.29, 0.717) is 0 Å². The zero-order chi connectivity index (χ0) is 32.2. The third kappa shape index (κ3) is 4.35. The van der Waals surface area contributed by atoms with Gasteiger partial charge in [0.05, 0.1) is 22.7 Å². The second-order valence-corrected chi connectivity index (χ2v) is 13.1. The lowest BCUT2D eigenvalue weighted by atomic mass is 9.82. The van der Waals surface area contributed by atoms with Crippen molar-refractivity contribution in [3.8, 4) is 11.1 Å². The summed E-state index contributed by atoms with van der Waals surface area (Å²) in [6.07, 6.45) is 0. The van der Waals surface area contributed by atoms with Crippen LogP contribution in [0.4, 0.5) is 51.2 Å². The predicted molar refractivity (Wildman–Crippen MR) is 202 cm³/mol. The van der Waals surface area contributed by atoms with E-state index in [1.807, 2.05) is 0 Å². The maximum atomic E-state index is 2.40. The smallest absolute Gasteiger partial charge is 0.0703 e. The summed E-state index contributed by atoms with van der Waals surface area (Å²) in [6, 6.07) is 63.6. The second kappa shape index (κ2) is 11.0. The zero-order valence-electron chi connectivity index (χ0n) is 27.1. The van der Waals surface area contributed by atoms with Crippen LogP contribution in [0.5, 0.6) is 0 Å². The van der Waals surface area contributed by atoms with Gasteiger partial charge in [0.2, 0.25) is 0 Å². The average molecular weight is 618 g/mol. The van der Waals surface area contributed by atoms with Crippen molar-refractivity contribution in [2.45, 2.75) is 19.3 Å². The first-order valence-electron chi connectivity index (χ1n) is 16.6. The van der Waals surface area contributed by atoms with E-state index < -0.39 is 0 Å². The highest BCUT2D eigenvalue weighted by Gasteiger charge is 2.36. The molecule has 48 heavy (non-hydrogen) atoms. The number of para-hydroxylation sites is 6. The molecule has 1 aliphatic heterocycles. The van der Waals surface area contributed by atoms with Crippen molar-refractivity contribution >= 4 is 51.2 Å². The molecule has 230 valence electrons. The van der Waals surface area contributed by atoms with Crippen LogP contribution in [0.2, 0.25) is 0 Å². The van der Waals surface area contributed by atoms with Gasteiger partial charge in [-0.1, -0.05) is 111 Å². The SMILES string of the molecule is CC1(C)c2ccccc2-c2ccc(N(c3ccccc3)c3cccc(N4c5ccccc5N(c5ccccc5)c5ccccc54)c3)cc21. The molecule has 0 saturated carbocycles. The molecule has 2 aliphatic rings. The molecule has 1 aliphatic carbocycles. The van der Waals surface area contributed by atoms with Gasteiger partial charge in [-0.15, -0.1) is 0 Å². The van der Waals surface area contributed by atoms with E-state index in [1.165, 1.54) is 22.3 Å². The quantitative estimate of drug-likeness (QED) is 0.190. The van der Waals surface area contributed by atoms with E-state index in [2.05, 4.69) is 204 Å². The Hall–Kier alpha value is -6.06. The largest absolute Gasteiger partial charge is 0.310 e. The average Bonchev–Trinajstić information content (AvgIpc) is 3.37. The van der Waals surface area contributed by atoms with Gasteiger partial charge in [0.25, 0.3) is 0 Å². The molecule has 9 rings (SSSR count). The van der Waals surface area contributed by atoms with E-state index in [4.69, 9.17) is 0 Å². The van der Waals surface area contributed by atoms with Gasteiger partial charge >= 0.3 is 0 Å². The van der Waals surface area contributed by atoms with E-state index in [1.54, 1.807) is 0 Å². The van der Waals surface area contributed by atoms with Gasteiger partial charge in [-0.3, -0.25) is 0 Å². The Labute approximate surface area is 282 Å². The van der Waals surface area contributed by atoms with Crippen LogP contribution in [0.15, 0.2) is 176 Å². The Balaban J connectivity index is 1.20. The Morgan fingerprint density at radius 1 is 0.375 bits per heavy atom. The van der Waals surface area contributed by atoms with Crippen LogP contribution in [-0.2, 0) is 5.41 Å². The van der Waals surface area contributed by atoms with Crippen molar-refractivity contribution in [3.63, 3.8) is 0 Å². The first-order chi connectivity index (χ1) is 23.6. The fourth-order valence-corrected chi connectivity index (χ4v) is 7.70. The molecule has 0 N–H and O–H groups in total. The summed E-state index contributed by atoms with van der Waals surface area (Å²) in [4.78, 5) is 7.16. The van der Waals surface area contributed by atoms with Crippen molar-refractivity contribution in [1.29, 1.82) is 0 Å². The number of fused-ring (bicyclic) bond motifs is 5. The van der Waals surface area contributed by atoms with E-state index in [-0.39, 0.29) is 5.41 Å². The highest BCUT2D eigenvalue weighted by atomic mass is 15.3. The van der Waals surface area contributed by atoms with Crippen LogP contribution < -0.4 is 14.7 Å². The highest BCUT2D eigenvalue weighted by Crippen LogP contribution is 2.55. The summed E-state index contributed by atoms with van der Waals surface area (Å²) >= 11 is 0. The summed E-state index contributed by atoms with van der Waals surface area (Å²) in [5.41, 5.74) is 15.5. The van der Waals surface area contributed by atoms with Crippen molar-refractivity contribution in [2.75, 3.05) is 14.7 Å². The molecule has 0 fully saturated rings. The third-order valence-corrected chi connectivity index (χ3v) is 9.93. The van der Waals surface area contributed by atoms with Crippen molar-refractivity contribution in [1.82, 2.24) is 0 Å². The normalized spacial score (nSPS) is 13.7. The molecule has 0 bridgehead atoms. The third-order valence-electron chi connectivity index (χ3n) is 9.93. The molecule has 3 heteroatoms. The van der Waals surface area contributed by atoms with Gasteiger partial charge in [-0.2, -0.15) is 0 Å². The topological polar surface area (TPSA) is 9.72 Å². The van der Waals surface area contributed by atoms with Crippen LogP contribution in [0.1, 0.15) is 25.0 Å². The molecule has 0 amide bonds. The minimum Gasteiger partial charge on any atom is -0.310 e. The molecular formula is C45H35N3. The van der Waals surface area contributed by atoms with Crippen molar-refractivity contribution in [3.05, 3.63) is 187 Å². The molecular weight excluding hydrogens is 583 g/mol. The fourth-order valence-electron chi connectivity index (χ4n) is 7.70. The minimum absolute atomic E-state index is 0.0853. The van der Waals surface area contributed by atoms with Crippen LogP contribution >= 0.6 is 0 Å². The molecule has 0 aromatic heterocycles. The fraction of sp³-hybridized carbons (Fsp3) is 0.0667. The van der Waals surface area contributed by atoms with Gasteiger partial charge in [0.15, 0.2) is 0 Å². The molecule has 0 saturated heterocycles. The lowest BCUT2D eigenvalue weighted by molar-refractivity contribution is 0.660. The van der Waals surface area contributed by atoms with Crippen LogP contribution in [0.25, 0.3) is 11.1 Å². The van der Waals surface area contributed by atoms with E-state index >= 15 is 0 Å². The van der Waals surface area contributed by atoms with Gasteiger partial charge in [-0.05, 0) is 101 Å². The predicted octanol–water partition coefficient (Wildman–Crippen LogP) is 12.7. The summed E-state index contributed by atoms with van der Waals surface area (Å²) in [6.45, 7) is 4.69. The monoisotopic (exact) mass is 617 g/mol. The Kier molecular flexibility index (Phi) is 6.48. The van der Waals surface area contributed by atoms with Crippen molar-refractivity contribution < 1.29 is 0 Å². The number of hydrogen-bond donors (Lipinski definition) is 0. The summed E-state index contributed by atoms with van der Waals surface area (Å²) < 4.78 is 0. The molecule has 0 spiro atoms.